The molecule has 0 radical (unpaired) electrons. The summed E-state index contributed by atoms with van der Waals surface area (Å²) < 4.78 is 6.61. The van der Waals surface area contributed by atoms with E-state index < -0.39 is 0 Å². The highest BCUT2D eigenvalue weighted by Gasteiger charge is 2.17. The van der Waals surface area contributed by atoms with Gasteiger partial charge in [0.1, 0.15) is 17.4 Å². The van der Waals surface area contributed by atoms with E-state index in [0.717, 1.165) is 17.5 Å². The average molecular weight is 340 g/mol. The number of aromatic nitrogens is 3. The fourth-order valence-corrected chi connectivity index (χ4v) is 2.52. The number of amides is 1. The van der Waals surface area contributed by atoms with Crippen molar-refractivity contribution in [1.29, 1.82) is 0 Å². The Labute approximate surface area is 144 Å². The minimum Gasteiger partial charge on any atom is -0.356 e. The Hall–Kier alpha value is -2.96. The Morgan fingerprint density at radius 1 is 1.28 bits per heavy atom. The minimum atomic E-state index is -0.259. The Morgan fingerprint density at radius 3 is 2.76 bits per heavy atom. The zero-order chi connectivity index (χ0) is 17.8. The maximum absolute atomic E-state index is 12.8. The Morgan fingerprint density at radius 2 is 2.04 bits per heavy atom. The summed E-state index contributed by atoms with van der Waals surface area (Å²) in [6.45, 7) is 4.87. The van der Waals surface area contributed by atoms with Crippen LogP contribution >= 0.6 is 0 Å². The van der Waals surface area contributed by atoms with Crippen LogP contribution in [0.25, 0.3) is 22.4 Å². The highest BCUT2D eigenvalue weighted by molar-refractivity contribution is 5.88. The van der Waals surface area contributed by atoms with Gasteiger partial charge in [-0.2, -0.15) is 0 Å². The van der Waals surface area contributed by atoms with Gasteiger partial charge in [0.15, 0.2) is 0 Å². The van der Waals surface area contributed by atoms with Crippen LogP contribution in [0.3, 0.4) is 0 Å². The van der Waals surface area contributed by atoms with Crippen molar-refractivity contribution in [2.75, 3.05) is 6.54 Å². The molecule has 0 spiro atoms. The molecule has 7 heteroatoms. The topological polar surface area (TPSA) is 90.0 Å². The summed E-state index contributed by atoms with van der Waals surface area (Å²) in [4.78, 5) is 28.7. The van der Waals surface area contributed by atoms with E-state index >= 15 is 0 Å². The lowest BCUT2D eigenvalue weighted by molar-refractivity contribution is -0.121. The van der Waals surface area contributed by atoms with Crippen LogP contribution in [-0.2, 0) is 11.3 Å². The number of nitrogens with one attached hydrogen (secondary N) is 1. The van der Waals surface area contributed by atoms with Gasteiger partial charge < -0.3 is 9.84 Å². The SMILES string of the molecule is CCCNC(=O)CCn1cnc2onc(-c3ccc(C)cc3)c2c1=O. The van der Waals surface area contributed by atoms with E-state index in [2.05, 4.69) is 15.5 Å². The summed E-state index contributed by atoms with van der Waals surface area (Å²) in [5, 5.41) is 7.13. The predicted molar refractivity (Wildman–Crippen MR) is 94.2 cm³/mol. The van der Waals surface area contributed by atoms with Gasteiger partial charge in [-0.05, 0) is 13.3 Å². The van der Waals surface area contributed by atoms with Crippen molar-refractivity contribution >= 4 is 17.0 Å². The summed E-state index contributed by atoms with van der Waals surface area (Å²) in [6.07, 6.45) is 2.49. The van der Waals surface area contributed by atoms with Crippen LogP contribution in [-0.4, -0.2) is 27.2 Å². The summed E-state index contributed by atoms with van der Waals surface area (Å²) in [5.74, 6) is -0.0853. The third-order valence-electron chi connectivity index (χ3n) is 3.94. The van der Waals surface area contributed by atoms with Crippen LogP contribution in [0.15, 0.2) is 39.9 Å². The van der Waals surface area contributed by atoms with Gasteiger partial charge >= 0.3 is 0 Å². The molecule has 130 valence electrons. The molecular formula is C18H20N4O3. The molecule has 0 aliphatic rings. The number of carbonyl (C=O) groups excluding carboxylic acids is 1. The van der Waals surface area contributed by atoms with Crippen molar-refractivity contribution in [3.05, 3.63) is 46.5 Å². The summed E-state index contributed by atoms with van der Waals surface area (Å²) in [6, 6.07) is 7.68. The molecule has 2 heterocycles. The molecule has 0 saturated heterocycles. The van der Waals surface area contributed by atoms with Crippen molar-refractivity contribution in [2.45, 2.75) is 33.2 Å². The number of hydrogen-bond donors (Lipinski definition) is 1. The lowest BCUT2D eigenvalue weighted by Gasteiger charge is -2.06. The number of fused-ring (bicyclic) bond motifs is 1. The monoisotopic (exact) mass is 340 g/mol. The maximum Gasteiger partial charge on any atom is 0.266 e. The van der Waals surface area contributed by atoms with Crippen molar-refractivity contribution in [2.24, 2.45) is 0 Å². The molecular weight excluding hydrogens is 320 g/mol. The molecule has 3 aromatic rings. The van der Waals surface area contributed by atoms with E-state index in [-0.39, 0.29) is 30.1 Å². The highest BCUT2D eigenvalue weighted by atomic mass is 16.5. The second-order valence-corrected chi connectivity index (χ2v) is 5.92. The molecule has 0 bridgehead atoms. The molecule has 1 amide bonds. The normalized spacial score (nSPS) is 11.0. The molecule has 7 nitrogen and oxygen atoms in total. The van der Waals surface area contributed by atoms with Gasteiger partial charge in [-0.25, -0.2) is 4.98 Å². The number of carbonyl (C=O) groups is 1. The standard InChI is InChI=1S/C18H20N4O3/c1-3-9-19-14(23)8-10-22-11-20-17-15(18(22)24)16(21-25-17)13-6-4-12(2)5-7-13/h4-7,11H,3,8-10H2,1-2H3,(H,19,23). The summed E-state index contributed by atoms with van der Waals surface area (Å²) in [5.41, 5.74) is 2.32. The van der Waals surface area contributed by atoms with Crippen molar-refractivity contribution in [3.8, 4) is 11.3 Å². The first kappa shape index (κ1) is 16.9. The number of hydrogen-bond acceptors (Lipinski definition) is 5. The first-order valence-corrected chi connectivity index (χ1v) is 8.28. The van der Waals surface area contributed by atoms with Gasteiger partial charge in [0.25, 0.3) is 11.3 Å². The van der Waals surface area contributed by atoms with Gasteiger partial charge in [0.05, 0.1) is 0 Å². The van der Waals surface area contributed by atoms with Gasteiger partial charge in [0, 0.05) is 25.1 Å². The van der Waals surface area contributed by atoms with Gasteiger partial charge in [-0.1, -0.05) is 41.9 Å². The van der Waals surface area contributed by atoms with Crippen LogP contribution in [0, 0.1) is 6.92 Å². The zero-order valence-corrected chi connectivity index (χ0v) is 14.3. The van der Waals surface area contributed by atoms with Crippen LogP contribution in [0.5, 0.6) is 0 Å². The Kier molecular flexibility index (Phi) is 4.92. The minimum absolute atomic E-state index is 0.0853. The molecule has 0 saturated carbocycles. The van der Waals surface area contributed by atoms with E-state index in [1.54, 1.807) is 0 Å². The Bertz CT molecular complexity index is 941. The molecule has 0 unspecified atom stereocenters. The highest BCUT2D eigenvalue weighted by Crippen LogP contribution is 2.24. The van der Waals surface area contributed by atoms with E-state index in [0.29, 0.717) is 17.6 Å². The molecule has 0 fully saturated rings. The van der Waals surface area contributed by atoms with Crippen LogP contribution in [0.4, 0.5) is 0 Å². The lowest BCUT2D eigenvalue weighted by Crippen LogP contribution is -2.28. The quantitative estimate of drug-likeness (QED) is 0.743. The van der Waals surface area contributed by atoms with E-state index in [9.17, 15) is 9.59 Å². The molecule has 0 aliphatic heterocycles. The van der Waals surface area contributed by atoms with Crippen molar-refractivity contribution in [1.82, 2.24) is 20.0 Å². The largest absolute Gasteiger partial charge is 0.356 e. The molecule has 3 rings (SSSR count). The molecule has 1 N–H and O–H groups in total. The predicted octanol–water partition coefficient (Wildman–Crippen LogP) is 2.28. The van der Waals surface area contributed by atoms with E-state index in [4.69, 9.17) is 4.52 Å². The van der Waals surface area contributed by atoms with Crippen LogP contribution in [0.2, 0.25) is 0 Å². The zero-order valence-electron chi connectivity index (χ0n) is 14.3. The average Bonchev–Trinajstić information content (AvgIpc) is 3.05. The third kappa shape index (κ3) is 3.60. The second kappa shape index (κ2) is 7.29. The molecule has 0 aliphatic carbocycles. The summed E-state index contributed by atoms with van der Waals surface area (Å²) in [7, 11) is 0. The van der Waals surface area contributed by atoms with Crippen molar-refractivity contribution < 1.29 is 9.32 Å². The number of benzene rings is 1. The number of rotatable bonds is 6. The second-order valence-electron chi connectivity index (χ2n) is 5.92. The van der Waals surface area contributed by atoms with Crippen LogP contribution < -0.4 is 10.9 Å². The molecule has 25 heavy (non-hydrogen) atoms. The smallest absolute Gasteiger partial charge is 0.266 e. The van der Waals surface area contributed by atoms with E-state index in [1.165, 1.54) is 10.9 Å². The molecule has 1 aromatic carbocycles. The van der Waals surface area contributed by atoms with Crippen LogP contribution in [0.1, 0.15) is 25.3 Å². The van der Waals surface area contributed by atoms with Gasteiger partial charge in [-0.3, -0.25) is 14.2 Å². The maximum atomic E-state index is 12.8. The first-order chi connectivity index (χ1) is 12.1. The summed E-state index contributed by atoms with van der Waals surface area (Å²) >= 11 is 0. The number of aryl methyl sites for hydroxylation is 2. The van der Waals surface area contributed by atoms with Gasteiger partial charge in [-0.15, -0.1) is 0 Å². The lowest BCUT2D eigenvalue weighted by atomic mass is 10.1. The molecule has 2 aromatic heterocycles. The van der Waals surface area contributed by atoms with Crippen molar-refractivity contribution in [3.63, 3.8) is 0 Å². The Balaban J connectivity index is 1.91. The van der Waals surface area contributed by atoms with Gasteiger partial charge in [0.2, 0.25) is 5.91 Å². The van der Waals surface area contributed by atoms with E-state index in [1.807, 2.05) is 38.1 Å². The fourth-order valence-electron chi connectivity index (χ4n) is 2.52. The third-order valence-corrected chi connectivity index (χ3v) is 3.94. The first-order valence-electron chi connectivity index (χ1n) is 8.28. The molecule has 0 atom stereocenters. The number of nitrogens with zero attached hydrogens (tertiary/aromatic N) is 3. The fraction of sp³-hybridized carbons (Fsp3) is 0.333.